The average molecular weight is 678 g/mol. The number of sulfonamides is 1. The summed E-state index contributed by atoms with van der Waals surface area (Å²) in [5.41, 5.74) is 2.60. The van der Waals surface area contributed by atoms with Gasteiger partial charge in [-0.1, -0.05) is 78.7 Å². The van der Waals surface area contributed by atoms with Gasteiger partial charge in [0, 0.05) is 30.6 Å². The molecule has 0 aliphatic heterocycles. The van der Waals surface area contributed by atoms with Crippen molar-refractivity contribution in [1.82, 2.24) is 10.2 Å². The van der Waals surface area contributed by atoms with Crippen molar-refractivity contribution in [3.05, 3.63) is 119 Å². The molecule has 0 aliphatic rings. The molecule has 1 N–H and O–H groups in total. The monoisotopic (exact) mass is 677 g/mol. The number of aryl methyl sites for hydroxylation is 1. The van der Waals surface area contributed by atoms with Crippen molar-refractivity contribution in [2.75, 3.05) is 31.6 Å². The molecule has 0 spiro atoms. The Balaban J connectivity index is 1.84. The Morgan fingerprint density at radius 2 is 1.53 bits per heavy atom. The molecular formula is C36H40ClN3O6S. The molecule has 47 heavy (non-hydrogen) atoms. The zero-order valence-electron chi connectivity index (χ0n) is 27.0. The van der Waals surface area contributed by atoms with Gasteiger partial charge in [0.25, 0.3) is 10.0 Å². The van der Waals surface area contributed by atoms with Crippen molar-refractivity contribution >= 4 is 39.1 Å². The fraction of sp³-hybridized carbons (Fsp3) is 0.278. The molecule has 4 rings (SSSR count). The highest BCUT2D eigenvalue weighted by Crippen LogP contribution is 2.34. The lowest BCUT2D eigenvalue weighted by Crippen LogP contribution is -2.53. The summed E-state index contributed by atoms with van der Waals surface area (Å²) >= 11 is 6.31. The van der Waals surface area contributed by atoms with Crippen LogP contribution in [0.2, 0.25) is 5.02 Å². The summed E-state index contributed by atoms with van der Waals surface area (Å²) in [6.07, 6.45) is 0.914. The topological polar surface area (TPSA) is 105 Å². The molecule has 2 amide bonds. The quantitative estimate of drug-likeness (QED) is 0.165. The molecule has 0 bridgehead atoms. The van der Waals surface area contributed by atoms with Crippen molar-refractivity contribution in [3.63, 3.8) is 0 Å². The average Bonchev–Trinajstić information content (AvgIpc) is 3.07. The summed E-state index contributed by atoms with van der Waals surface area (Å²) in [5, 5.41) is 3.41. The zero-order valence-corrected chi connectivity index (χ0v) is 28.6. The third kappa shape index (κ3) is 9.05. The summed E-state index contributed by atoms with van der Waals surface area (Å²) in [7, 11) is -1.35. The summed E-state index contributed by atoms with van der Waals surface area (Å²) in [4.78, 5) is 29.8. The Hall–Kier alpha value is -4.54. The number of benzene rings is 4. The van der Waals surface area contributed by atoms with Gasteiger partial charge >= 0.3 is 0 Å². The predicted molar refractivity (Wildman–Crippen MR) is 184 cm³/mol. The molecule has 4 aromatic rings. The van der Waals surface area contributed by atoms with E-state index in [-0.39, 0.29) is 29.5 Å². The highest BCUT2D eigenvalue weighted by molar-refractivity contribution is 7.92. The first-order valence-electron chi connectivity index (χ1n) is 15.2. The van der Waals surface area contributed by atoms with E-state index in [0.717, 1.165) is 15.4 Å². The van der Waals surface area contributed by atoms with Crippen molar-refractivity contribution in [2.24, 2.45) is 0 Å². The fourth-order valence-corrected chi connectivity index (χ4v) is 6.72. The fourth-order valence-electron chi connectivity index (χ4n) is 5.10. The number of anilines is 1. The van der Waals surface area contributed by atoms with Crippen LogP contribution in [0.3, 0.4) is 0 Å². The van der Waals surface area contributed by atoms with Crippen LogP contribution >= 0.6 is 11.6 Å². The molecule has 9 nitrogen and oxygen atoms in total. The summed E-state index contributed by atoms with van der Waals surface area (Å²) in [5.74, 6) is -0.236. The van der Waals surface area contributed by atoms with Crippen LogP contribution in [0.4, 0.5) is 5.69 Å². The number of halogens is 1. The minimum absolute atomic E-state index is 0.00796. The van der Waals surface area contributed by atoms with Gasteiger partial charge in [0.05, 0.1) is 24.8 Å². The van der Waals surface area contributed by atoms with Crippen LogP contribution in [0.15, 0.2) is 102 Å². The Morgan fingerprint density at radius 3 is 2.17 bits per heavy atom. The van der Waals surface area contributed by atoms with Gasteiger partial charge in [0.15, 0.2) is 11.5 Å². The Labute approximate surface area is 282 Å². The van der Waals surface area contributed by atoms with Gasteiger partial charge in [0.1, 0.15) is 12.6 Å². The number of carbonyl (C=O) groups excluding carboxylic acids is 2. The number of nitrogens with zero attached hydrogens (tertiary/aromatic N) is 2. The molecule has 0 fully saturated rings. The Bertz CT molecular complexity index is 1770. The molecule has 0 heterocycles. The van der Waals surface area contributed by atoms with Crippen LogP contribution in [-0.4, -0.2) is 58.5 Å². The standard InChI is InChI=1S/C36H40ClN3O6S/c1-5-20-38-36(42)32(22-27-10-7-6-8-11-27)39(24-28-12-9-13-29(37)21-28)35(41)25-40(30-16-19-33(45-3)34(23-30)46-4)47(43,44)31-17-14-26(2)15-18-31/h6-19,21,23,32H,5,20,22,24-25H2,1-4H3,(H,38,42)/t32-/m1/s1. The molecule has 0 aliphatic carbocycles. The number of rotatable bonds is 15. The number of hydrogen-bond donors (Lipinski definition) is 1. The molecule has 11 heteroatoms. The van der Waals surface area contributed by atoms with Crippen LogP contribution < -0.4 is 19.1 Å². The molecule has 0 saturated carbocycles. The lowest BCUT2D eigenvalue weighted by atomic mass is 10.0. The molecule has 248 valence electrons. The maximum atomic E-state index is 14.6. The first kappa shape index (κ1) is 35.3. The van der Waals surface area contributed by atoms with E-state index >= 15 is 0 Å². The maximum Gasteiger partial charge on any atom is 0.264 e. The number of amides is 2. The first-order chi connectivity index (χ1) is 22.6. The number of ether oxygens (including phenoxy) is 2. The Morgan fingerprint density at radius 1 is 0.851 bits per heavy atom. The van der Waals surface area contributed by atoms with Gasteiger partial charge in [0.2, 0.25) is 11.8 Å². The number of methoxy groups -OCH3 is 2. The van der Waals surface area contributed by atoms with Gasteiger partial charge < -0.3 is 19.7 Å². The first-order valence-corrected chi connectivity index (χ1v) is 17.1. The lowest BCUT2D eigenvalue weighted by molar-refractivity contribution is -0.140. The van der Waals surface area contributed by atoms with E-state index in [9.17, 15) is 18.0 Å². The Kier molecular flexibility index (Phi) is 12.3. The second kappa shape index (κ2) is 16.3. The van der Waals surface area contributed by atoms with E-state index < -0.39 is 28.5 Å². The van der Waals surface area contributed by atoms with Crippen LogP contribution in [0, 0.1) is 6.92 Å². The van der Waals surface area contributed by atoms with E-state index in [1.165, 1.54) is 37.3 Å². The van der Waals surface area contributed by atoms with Gasteiger partial charge in [-0.2, -0.15) is 0 Å². The SMILES string of the molecule is CCCNC(=O)[C@@H](Cc1ccccc1)N(Cc1cccc(Cl)c1)C(=O)CN(c1ccc(OC)c(OC)c1)S(=O)(=O)c1ccc(C)cc1. The summed E-state index contributed by atoms with van der Waals surface area (Å²) in [6, 6.07) is 26.5. The third-order valence-electron chi connectivity index (χ3n) is 7.61. The lowest BCUT2D eigenvalue weighted by Gasteiger charge is -2.34. The van der Waals surface area contributed by atoms with Crippen LogP contribution in [0.1, 0.15) is 30.0 Å². The molecular weight excluding hydrogens is 638 g/mol. The zero-order chi connectivity index (χ0) is 34.0. The highest BCUT2D eigenvalue weighted by Gasteiger charge is 2.35. The third-order valence-corrected chi connectivity index (χ3v) is 9.63. The van der Waals surface area contributed by atoms with E-state index in [0.29, 0.717) is 35.1 Å². The normalized spacial score (nSPS) is 11.8. The maximum absolute atomic E-state index is 14.6. The van der Waals surface area contributed by atoms with E-state index in [4.69, 9.17) is 21.1 Å². The van der Waals surface area contributed by atoms with Crippen LogP contribution in [0.25, 0.3) is 0 Å². The molecule has 4 aromatic carbocycles. The minimum Gasteiger partial charge on any atom is -0.493 e. The smallest absolute Gasteiger partial charge is 0.264 e. The van der Waals surface area contributed by atoms with E-state index in [1.54, 1.807) is 42.5 Å². The number of hydrogen-bond acceptors (Lipinski definition) is 6. The largest absolute Gasteiger partial charge is 0.493 e. The number of carbonyl (C=O) groups is 2. The van der Waals surface area contributed by atoms with Crippen LogP contribution in [0.5, 0.6) is 11.5 Å². The molecule has 0 aromatic heterocycles. The van der Waals surface area contributed by atoms with Gasteiger partial charge in [-0.15, -0.1) is 0 Å². The summed E-state index contributed by atoms with van der Waals surface area (Å²) < 4.78 is 40.4. The molecule has 0 unspecified atom stereocenters. The predicted octanol–water partition coefficient (Wildman–Crippen LogP) is 6.03. The summed E-state index contributed by atoms with van der Waals surface area (Å²) in [6.45, 7) is 3.64. The number of nitrogens with one attached hydrogen (secondary N) is 1. The van der Waals surface area contributed by atoms with E-state index in [2.05, 4.69) is 5.32 Å². The van der Waals surface area contributed by atoms with Gasteiger partial charge in [-0.25, -0.2) is 8.42 Å². The second-order valence-corrected chi connectivity index (χ2v) is 13.3. The van der Waals surface area contributed by atoms with Crippen molar-refractivity contribution < 1.29 is 27.5 Å². The molecule has 1 atom stereocenters. The minimum atomic E-state index is -4.27. The van der Waals surface area contributed by atoms with Crippen LogP contribution in [-0.2, 0) is 32.6 Å². The van der Waals surface area contributed by atoms with Crippen molar-refractivity contribution in [3.8, 4) is 11.5 Å². The van der Waals surface area contributed by atoms with Gasteiger partial charge in [-0.3, -0.25) is 13.9 Å². The van der Waals surface area contributed by atoms with Crippen molar-refractivity contribution in [1.29, 1.82) is 0 Å². The second-order valence-electron chi connectivity index (χ2n) is 11.0. The van der Waals surface area contributed by atoms with Crippen molar-refractivity contribution in [2.45, 2.75) is 44.2 Å². The van der Waals surface area contributed by atoms with E-state index in [1.807, 2.05) is 50.2 Å². The van der Waals surface area contributed by atoms with Gasteiger partial charge in [-0.05, 0) is 60.9 Å². The molecule has 0 radical (unpaired) electrons. The highest BCUT2D eigenvalue weighted by atomic mass is 35.5. The molecule has 0 saturated heterocycles.